The summed E-state index contributed by atoms with van der Waals surface area (Å²) < 4.78 is 0. The zero-order valence-electron chi connectivity index (χ0n) is 8.40. The van der Waals surface area contributed by atoms with Gasteiger partial charge < -0.3 is 5.32 Å². The first-order chi connectivity index (χ1) is 7.29. The van der Waals surface area contributed by atoms with Crippen LogP contribution in [0.15, 0.2) is 30.5 Å². The van der Waals surface area contributed by atoms with E-state index in [2.05, 4.69) is 15.3 Å². The van der Waals surface area contributed by atoms with Crippen LogP contribution in [-0.2, 0) is 4.79 Å². The van der Waals surface area contributed by atoms with E-state index in [0.717, 1.165) is 11.0 Å². The molecule has 1 aromatic carbocycles. The molecule has 0 spiro atoms. The average molecular weight is 201 g/mol. The first-order valence-corrected chi connectivity index (χ1v) is 4.81. The molecule has 0 bridgehead atoms. The number of fused-ring (bicyclic) bond motifs is 1. The van der Waals surface area contributed by atoms with Gasteiger partial charge in [0.15, 0.2) is 5.82 Å². The Morgan fingerprint density at radius 3 is 2.80 bits per heavy atom. The molecule has 0 fully saturated rings. The number of benzene rings is 1. The number of hydrogen-bond acceptors (Lipinski definition) is 3. The first kappa shape index (κ1) is 9.58. The van der Waals surface area contributed by atoms with Crippen LogP contribution in [-0.4, -0.2) is 15.9 Å². The van der Waals surface area contributed by atoms with Gasteiger partial charge in [-0.05, 0) is 12.1 Å². The van der Waals surface area contributed by atoms with Gasteiger partial charge in [0.25, 0.3) is 0 Å². The SMILES string of the molecule is CCC(=O)Nc1cnc2ccccc2n1. The summed E-state index contributed by atoms with van der Waals surface area (Å²) in [6.07, 6.45) is 2.00. The molecule has 1 N–H and O–H groups in total. The van der Waals surface area contributed by atoms with E-state index in [4.69, 9.17) is 0 Å². The fraction of sp³-hybridized carbons (Fsp3) is 0.182. The third-order valence-electron chi connectivity index (χ3n) is 2.04. The highest BCUT2D eigenvalue weighted by atomic mass is 16.1. The van der Waals surface area contributed by atoms with Crippen molar-refractivity contribution in [3.63, 3.8) is 0 Å². The van der Waals surface area contributed by atoms with Crippen LogP contribution in [0.3, 0.4) is 0 Å². The van der Waals surface area contributed by atoms with Gasteiger partial charge in [0, 0.05) is 6.42 Å². The van der Waals surface area contributed by atoms with Crippen LogP contribution in [0.2, 0.25) is 0 Å². The van der Waals surface area contributed by atoms with Crippen molar-refractivity contribution >= 4 is 22.8 Å². The molecule has 0 saturated heterocycles. The first-order valence-electron chi connectivity index (χ1n) is 4.81. The maximum Gasteiger partial charge on any atom is 0.225 e. The van der Waals surface area contributed by atoms with Crippen molar-refractivity contribution in [1.82, 2.24) is 9.97 Å². The molecule has 1 aromatic heterocycles. The molecule has 1 heterocycles. The summed E-state index contributed by atoms with van der Waals surface area (Å²) in [7, 11) is 0. The van der Waals surface area contributed by atoms with E-state index in [0.29, 0.717) is 12.2 Å². The Morgan fingerprint density at radius 2 is 2.07 bits per heavy atom. The third-order valence-corrected chi connectivity index (χ3v) is 2.04. The number of para-hydroxylation sites is 2. The Kier molecular flexibility index (Phi) is 2.58. The van der Waals surface area contributed by atoms with Crippen molar-refractivity contribution in [3.8, 4) is 0 Å². The molecule has 0 saturated carbocycles. The lowest BCUT2D eigenvalue weighted by Crippen LogP contribution is -2.10. The molecular weight excluding hydrogens is 190 g/mol. The second-order valence-corrected chi connectivity index (χ2v) is 3.15. The fourth-order valence-electron chi connectivity index (χ4n) is 1.25. The molecule has 0 atom stereocenters. The molecule has 0 unspecified atom stereocenters. The number of anilines is 1. The highest BCUT2D eigenvalue weighted by Crippen LogP contribution is 2.11. The highest BCUT2D eigenvalue weighted by Gasteiger charge is 2.01. The van der Waals surface area contributed by atoms with E-state index < -0.39 is 0 Å². The molecule has 0 radical (unpaired) electrons. The maximum absolute atomic E-state index is 11.1. The summed E-state index contributed by atoms with van der Waals surface area (Å²) in [4.78, 5) is 19.6. The number of aromatic nitrogens is 2. The van der Waals surface area contributed by atoms with Crippen LogP contribution in [0.25, 0.3) is 11.0 Å². The number of nitrogens with zero attached hydrogens (tertiary/aromatic N) is 2. The quantitative estimate of drug-likeness (QED) is 0.808. The van der Waals surface area contributed by atoms with Crippen LogP contribution in [0.1, 0.15) is 13.3 Å². The molecule has 0 aliphatic heterocycles. The standard InChI is InChI=1S/C11H11N3O/c1-2-11(15)14-10-7-12-8-5-3-4-6-9(8)13-10/h3-7H,2H2,1H3,(H,13,14,15). The minimum atomic E-state index is -0.0559. The summed E-state index contributed by atoms with van der Waals surface area (Å²) in [6, 6.07) is 7.54. The monoisotopic (exact) mass is 201 g/mol. The largest absolute Gasteiger partial charge is 0.309 e. The topological polar surface area (TPSA) is 54.9 Å². The Morgan fingerprint density at radius 1 is 1.33 bits per heavy atom. The number of carbonyl (C=O) groups is 1. The Hall–Kier alpha value is -1.97. The molecular formula is C11H11N3O. The molecule has 0 aliphatic carbocycles. The highest BCUT2D eigenvalue weighted by molar-refractivity contribution is 5.90. The van der Waals surface area contributed by atoms with Gasteiger partial charge in [0.05, 0.1) is 17.2 Å². The molecule has 2 rings (SSSR count). The number of hydrogen-bond donors (Lipinski definition) is 1. The number of nitrogens with one attached hydrogen (secondary N) is 1. The maximum atomic E-state index is 11.1. The van der Waals surface area contributed by atoms with Gasteiger partial charge in [-0.25, -0.2) is 4.98 Å². The molecule has 76 valence electrons. The molecule has 1 amide bonds. The second kappa shape index (κ2) is 4.04. The smallest absolute Gasteiger partial charge is 0.225 e. The number of carbonyl (C=O) groups excluding carboxylic acids is 1. The van der Waals surface area contributed by atoms with E-state index in [1.54, 1.807) is 13.1 Å². The molecule has 15 heavy (non-hydrogen) atoms. The van der Waals surface area contributed by atoms with Crippen molar-refractivity contribution in [2.45, 2.75) is 13.3 Å². The van der Waals surface area contributed by atoms with E-state index in [1.165, 1.54) is 0 Å². The van der Waals surface area contributed by atoms with Gasteiger partial charge in [-0.1, -0.05) is 19.1 Å². The van der Waals surface area contributed by atoms with Crippen LogP contribution in [0, 0.1) is 0 Å². The second-order valence-electron chi connectivity index (χ2n) is 3.15. The summed E-state index contributed by atoms with van der Waals surface area (Å²) in [6.45, 7) is 1.80. The number of amides is 1. The molecule has 0 aliphatic rings. The minimum Gasteiger partial charge on any atom is -0.309 e. The van der Waals surface area contributed by atoms with Crippen molar-refractivity contribution in [3.05, 3.63) is 30.5 Å². The lowest BCUT2D eigenvalue weighted by atomic mass is 10.3. The van der Waals surface area contributed by atoms with E-state index in [1.807, 2.05) is 24.3 Å². The zero-order chi connectivity index (χ0) is 10.7. The van der Waals surface area contributed by atoms with Crippen LogP contribution in [0.5, 0.6) is 0 Å². The van der Waals surface area contributed by atoms with E-state index >= 15 is 0 Å². The van der Waals surface area contributed by atoms with Gasteiger partial charge in [0.1, 0.15) is 0 Å². The predicted octanol–water partition coefficient (Wildman–Crippen LogP) is 1.98. The third kappa shape index (κ3) is 2.10. The van der Waals surface area contributed by atoms with Gasteiger partial charge in [-0.2, -0.15) is 0 Å². The summed E-state index contributed by atoms with van der Waals surface area (Å²) in [5.74, 6) is 0.445. The van der Waals surface area contributed by atoms with Crippen LogP contribution < -0.4 is 5.32 Å². The number of rotatable bonds is 2. The van der Waals surface area contributed by atoms with Gasteiger partial charge >= 0.3 is 0 Å². The van der Waals surface area contributed by atoms with Crippen molar-refractivity contribution < 1.29 is 4.79 Å². The van der Waals surface area contributed by atoms with E-state index in [9.17, 15) is 4.79 Å². The molecule has 4 heteroatoms. The zero-order valence-corrected chi connectivity index (χ0v) is 8.40. The Bertz CT molecular complexity index is 496. The van der Waals surface area contributed by atoms with Crippen molar-refractivity contribution in [2.75, 3.05) is 5.32 Å². The normalized spacial score (nSPS) is 10.2. The average Bonchev–Trinajstić information content (AvgIpc) is 2.29. The predicted molar refractivity (Wildman–Crippen MR) is 58.5 cm³/mol. The van der Waals surface area contributed by atoms with Gasteiger partial charge in [-0.15, -0.1) is 0 Å². The summed E-state index contributed by atoms with van der Waals surface area (Å²) >= 11 is 0. The van der Waals surface area contributed by atoms with Gasteiger partial charge in [-0.3, -0.25) is 9.78 Å². The van der Waals surface area contributed by atoms with Crippen LogP contribution >= 0.6 is 0 Å². The van der Waals surface area contributed by atoms with Crippen molar-refractivity contribution in [1.29, 1.82) is 0 Å². The van der Waals surface area contributed by atoms with Crippen LogP contribution in [0.4, 0.5) is 5.82 Å². The van der Waals surface area contributed by atoms with E-state index in [-0.39, 0.29) is 5.91 Å². The Labute approximate surface area is 87.4 Å². The summed E-state index contributed by atoms with van der Waals surface area (Å²) in [5, 5.41) is 2.67. The lowest BCUT2D eigenvalue weighted by molar-refractivity contribution is -0.115. The van der Waals surface area contributed by atoms with Crippen molar-refractivity contribution in [2.24, 2.45) is 0 Å². The molecule has 2 aromatic rings. The summed E-state index contributed by atoms with van der Waals surface area (Å²) in [5.41, 5.74) is 1.61. The molecule has 4 nitrogen and oxygen atoms in total. The minimum absolute atomic E-state index is 0.0559. The van der Waals surface area contributed by atoms with Gasteiger partial charge in [0.2, 0.25) is 5.91 Å². The lowest BCUT2D eigenvalue weighted by Gasteiger charge is -2.02. The fourth-order valence-corrected chi connectivity index (χ4v) is 1.25. The Balaban J connectivity index is 2.34.